The Morgan fingerprint density at radius 1 is 1.29 bits per heavy atom. The number of hydrogen-bond donors (Lipinski definition) is 1. The SMILES string of the molecule is CNc1cc(CC[C@@H]2CN(Cc3cnc(C)cn3)CCO2)ccn1. The molecule has 3 rings (SSSR count). The molecule has 1 aliphatic heterocycles. The molecule has 6 heteroatoms. The van der Waals surface area contributed by atoms with Gasteiger partial charge in [-0.1, -0.05) is 0 Å². The molecule has 128 valence electrons. The summed E-state index contributed by atoms with van der Waals surface area (Å²) in [4.78, 5) is 15.4. The minimum atomic E-state index is 0.267. The van der Waals surface area contributed by atoms with E-state index in [1.54, 1.807) is 0 Å². The molecule has 0 unspecified atom stereocenters. The third kappa shape index (κ3) is 4.72. The highest BCUT2D eigenvalue weighted by molar-refractivity contribution is 5.36. The number of ether oxygens (including phenoxy) is 1. The van der Waals surface area contributed by atoms with E-state index < -0.39 is 0 Å². The molecule has 24 heavy (non-hydrogen) atoms. The first kappa shape index (κ1) is 16.8. The molecule has 1 fully saturated rings. The zero-order chi connectivity index (χ0) is 16.8. The highest BCUT2D eigenvalue weighted by atomic mass is 16.5. The maximum atomic E-state index is 5.93. The quantitative estimate of drug-likeness (QED) is 0.876. The largest absolute Gasteiger partial charge is 0.376 e. The van der Waals surface area contributed by atoms with Gasteiger partial charge in [0.2, 0.25) is 0 Å². The molecule has 0 saturated carbocycles. The minimum absolute atomic E-state index is 0.267. The number of nitrogens with zero attached hydrogens (tertiary/aromatic N) is 4. The first-order valence-corrected chi connectivity index (χ1v) is 8.47. The van der Waals surface area contributed by atoms with Gasteiger partial charge in [0, 0.05) is 45.3 Å². The predicted molar refractivity (Wildman–Crippen MR) is 93.9 cm³/mol. The number of rotatable bonds is 6. The summed E-state index contributed by atoms with van der Waals surface area (Å²) >= 11 is 0. The monoisotopic (exact) mass is 327 g/mol. The van der Waals surface area contributed by atoms with E-state index >= 15 is 0 Å². The molecule has 0 bridgehead atoms. The Morgan fingerprint density at radius 3 is 3.00 bits per heavy atom. The van der Waals surface area contributed by atoms with Gasteiger partial charge in [0.25, 0.3) is 0 Å². The van der Waals surface area contributed by atoms with Gasteiger partial charge in [-0.05, 0) is 37.5 Å². The van der Waals surface area contributed by atoms with Crippen molar-refractivity contribution in [2.45, 2.75) is 32.4 Å². The molecule has 1 saturated heterocycles. The molecule has 0 radical (unpaired) electrons. The van der Waals surface area contributed by atoms with Gasteiger partial charge in [0.15, 0.2) is 0 Å². The van der Waals surface area contributed by atoms with Crippen LogP contribution in [0, 0.1) is 6.92 Å². The van der Waals surface area contributed by atoms with Gasteiger partial charge >= 0.3 is 0 Å². The van der Waals surface area contributed by atoms with Crippen molar-refractivity contribution < 1.29 is 4.74 Å². The summed E-state index contributed by atoms with van der Waals surface area (Å²) in [6.45, 7) is 5.47. The van der Waals surface area contributed by atoms with Crippen molar-refractivity contribution in [1.82, 2.24) is 19.9 Å². The molecule has 0 amide bonds. The molecule has 1 atom stereocenters. The van der Waals surface area contributed by atoms with Gasteiger partial charge in [-0.15, -0.1) is 0 Å². The fraction of sp³-hybridized carbons (Fsp3) is 0.500. The van der Waals surface area contributed by atoms with Crippen molar-refractivity contribution in [3.05, 3.63) is 47.7 Å². The second-order valence-corrected chi connectivity index (χ2v) is 6.22. The minimum Gasteiger partial charge on any atom is -0.376 e. The molecule has 3 heterocycles. The van der Waals surface area contributed by atoms with Crippen LogP contribution in [-0.2, 0) is 17.7 Å². The Kier molecular flexibility index (Phi) is 5.72. The van der Waals surface area contributed by atoms with Gasteiger partial charge in [0.05, 0.1) is 24.1 Å². The number of aromatic nitrogens is 3. The highest BCUT2D eigenvalue weighted by Crippen LogP contribution is 2.15. The fourth-order valence-electron chi connectivity index (χ4n) is 2.92. The van der Waals surface area contributed by atoms with Crippen molar-refractivity contribution in [3.63, 3.8) is 0 Å². The van der Waals surface area contributed by atoms with E-state index in [1.165, 1.54) is 5.56 Å². The van der Waals surface area contributed by atoms with Gasteiger partial charge in [-0.2, -0.15) is 0 Å². The van der Waals surface area contributed by atoms with E-state index in [4.69, 9.17) is 4.74 Å². The lowest BCUT2D eigenvalue weighted by molar-refractivity contribution is -0.0349. The maximum Gasteiger partial charge on any atom is 0.125 e. The second kappa shape index (κ2) is 8.17. The molecule has 1 aliphatic rings. The molecule has 1 N–H and O–H groups in total. The second-order valence-electron chi connectivity index (χ2n) is 6.22. The zero-order valence-corrected chi connectivity index (χ0v) is 14.4. The van der Waals surface area contributed by atoms with Gasteiger partial charge in [-0.3, -0.25) is 14.9 Å². The van der Waals surface area contributed by atoms with E-state index in [0.29, 0.717) is 0 Å². The molecule has 0 spiro atoms. The summed E-state index contributed by atoms with van der Waals surface area (Å²) in [6.07, 6.45) is 7.84. The summed E-state index contributed by atoms with van der Waals surface area (Å²) in [5.41, 5.74) is 3.27. The van der Waals surface area contributed by atoms with Crippen LogP contribution in [0.3, 0.4) is 0 Å². The van der Waals surface area contributed by atoms with E-state index in [9.17, 15) is 0 Å². The molecular formula is C18H25N5O. The van der Waals surface area contributed by atoms with Gasteiger partial charge in [-0.25, -0.2) is 4.98 Å². The first-order chi connectivity index (χ1) is 11.7. The van der Waals surface area contributed by atoms with Crippen LogP contribution in [0.4, 0.5) is 5.82 Å². The Balaban J connectivity index is 1.50. The van der Waals surface area contributed by atoms with Crippen molar-refractivity contribution >= 4 is 5.82 Å². The van der Waals surface area contributed by atoms with Crippen LogP contribution < -0.4 is 5.32 Å². The Bertz CT molecular complexity index is 646. The summed E-state index contributed by atoms with van der Waals surface area (Å²) < 4.78 is 5.93. The molecular weight excluding hydrogens is 302 g/mol. The zero-order valence-electron chi connectivity index (χ0n) is 14.4. The predicted octanol–water partition coefficient (Wildman–Crippen LogP) is 2.06. The summed E-state index contributed by atoms with van der Waals surface area (Å²) in [6, 6.07) is 4.17. The first-order valence-electron chi connectivity index (χ1n) is 8.47. The van der Waals surface area contributed by atoms with Crippen LogP contribution in [0.25, 0.3) is 0 Å². The summed E-state index contributed by atoms with van der Waals surface area (Å²) in [5, 5.41) is 3.08. The van der Waals surface area contributed by atoms with Crippen molar-refractivity contribution in [2.24, 2.45) is 0 Å². The van der Waals surface area contributed by atoms with E-state index in [0.717, 1.165) is 56.3 Å². The van der Waals surface area contributed by atoms with Crippen LogP contribution >= 0.6 is 0 Å². The lowest BCUT2D eigenvalue weighted by Gasteiger charge is -2.32. The third-order valence-electron chi connectivity index (χ3n) is 4.28. The number of pyridine rings is 1. The van der Waals surface area contributed by atoms with Gasteiger partial charge in [0.1, 0.15) is 5.82 Å². The van der Waals surface area contributed by atoms with Crippen molar-refractivity contribution in [1.29, 1.82) is 0 Å². The van der Waals surface area contributed by atoms with Crippen molar-refractivity contribution in [2.75, 3.05) is 32.1 Å². The number of anilines is 1. The molecule has 2 aromatic rings. The Morgan fingerprint density at radius 2 is 2.21 bits per heavy atom. The Labute approximate surface area is 143 Å². The standard InChI is InChI=1S/C18H25N5O/c1-14-10-22-16(11-21-14)12-23-7-8-24-17(13-23)4-3-15-5-6-20-18(9-15)19-2/h5-6,9-11,17H,3-4,7-8,12-13H2,1-2H3,(H,19,20)/t17-/m1/s1. The average Bonchev–Trinajstić information content (AvgIpc) is 2.62. The summed E-state index contributed by atoms with van der Waals surface area (Å²) in [7, 11) is 1.89. The number of aryl methyl sites for hydroxylation is 2. The smallest absolute Gasteiger partial charge is 0.125 e. The lowest BCUT2D eigenvalue weighted by atomic mass is 10.1. The van der Waals surface area contributed by atoms with Crippen LogP contribution in [0.15, 0.2) is 30.7 Å². The van der Waals surface area contributed by atoms with E-state index in [1.807, 2.05) is 32.6 Å². The number of nitrogens with one attached hydrogen (secondary N) is 1. The fourth-order valence-corrected chi connectivity index (χ4v) is 2.92. The van der Waals surface area contributed by atoms with Crippen LogP contribution in [0.5, 0.6) is 0 Å². The molecule has 6 nitrogen and oxygen atoms in total. The van der Waals surface area contributed by atoms with Gasteiger partial charge < -0.3 is 10.1 Å². The molecule has 0 aliphatic carbocycles. The highest BCUT2D eigenvalue weighted by Gasteiger charge is 2.20. The Hall–Kier alpha value is -2.05. The average molecular weight is 327 g/mol. The summed E-state index contributed by atoms with van der Waals surface area (Å²) in [5.74, 6) is 0.914. The topological polar surface area (TPSA) is 63.2 Å². The maximum absolute atomic E-state index is 5.93. The third-order valence-corrected chi connectivity index (χ3v) is 4.28. The van der Waals surface area contributed by atoms with Crippen molar-refractivity contribution in [3.8, 4) is 0 Å². The van der Waals surface area contributed by atoms with Crippen LogP contribution in [0.2, 0.25) is 0 Å². The van der Waals surface area contributed by atoms with Crippen LogP contribution in [0.1, 0.15) is 23.4 Å². The van der Waals surface area contributed by atoms with E-state index in [-0.39, 0.29) is 6.10 Å². The number of morpholine rings is 1. The van der Waals surface area contributed by atoms with Crippen LogP contribution in [-0.4, -0.2) is 52.7 Å². The molecule has 0 aromatic carbocycles. The number of hydrogen-bond acceptors (Lipinski definition) is 6. The lowest BCUT2D eigenvalue weighted by Crippen LogP contribution is -2.42. The van der Waals surface area contributed by atoms with E-state index in [2.05, 4.69) is 37.3 Å². The molecule has 2 aromatic heterocycles. The normalized spacial score (nSPS) is 18.5.